The van der Waals surface area contributed by atoms with Gasteiger partial charge in [-0.1, -0.05) is 83.7 Å². The van der Waals surface area contributed by atoms with Gasteiger partial charge in [-0.25, -0.2) is 4.79 Å². The molecule has 4 nitrogen and oxygen atoms in total. The molecule has 0 aromatic heterocycles. The van der Waals surface area contributed by atoms with Crippen LogP contribution in [0.5, 0.6) is 5.75 Å². The van der Waals surface area contributed by atoms with E-state index in [1.807, 2.05) is 30.3 Å². The minimum absolute atomic E-state index is 0.108. The molecule has 0 saturated carbocycles. The van der Waals surface area contributed by atoms with E-state index in [0.29, 0.717) is 11.7 Å². The van der Waals surface area contributed by atoms with E-state index < -0.39 is 11.4 Å². The standard InChI is InChI=1S/C28H34O4/c1-8-31-25(29)19(4)17-28(21-12-10-9-11-13-21)23-16-22(27(5,6)7)15-20(14-18(2)3)24(23)32-26(28)30/h9-13,15-16,18H,4,8,14,17H2,1-3,5-7H3. The van der Waals surface area contributed by atoms with Crippen molar-refractivity contribution in [3.63, 3.8) is 0 Å². The van der Waals surface area contributed by atoms with Gasteiger partial charge in [-0.15, -0.1) is 0 Å². The van der Waals surface area contributed by atoms with Crippen molar-refractivity contribution in [1.29, 1.82) is 0 Å². The van der Waals surface area contributed by atoms with Crippen LogP contribution < -0.4 is 4.74 Å². The number of rotatable bonds is 7. The molecule has 0 radical (unpaired) electrons. The summed E-state index contributed by atoms with van der Waals surface area (Å²) in [5.41, 5.74) is 2.74. The summed E-state index contributed by atoms with van der Waals surface area (Å²) in [6, 6.07) is 13.8. The molecule has 4 heteroatoms. The smallest absolute Gasteiger partial charge is 0.333 e. The third kappa shape index (κ3) is 4.36. The highest BCUT2D eigenvalue weighted by Gasteiger charge is 2.52. The number of hydrogen-bond acceptors (Lipinski definition) is 4. The first-order valence-corrected chi connectivity index (χ1v) is 11.3. The molecule has 1 heterocycles. The van der Waals surface area contributed by atoms with Crippen molar-refractivity contribution in [2.24, 2.45) is 5.92 Å². The Bertz CT molecular complexity index is 1030. The molecule has 0 spiro atoms. The van der Waals surface area contributed by atoms with E-state index in [1.165, 1.54) is 0 Å². The Balaban J connectivity index is 2.30. The van der Waals surface area contributed by atoms with Gasteiger partial charge >= 0.3 is 11.9 Å². The van der Waals surface area contributed by atoms with Crippen LogP contribution in [0.2, 0.25) is 0 Å². The fourth-order valence-corrected chi connectivity index (χ4v) is 4.33. The quantitative estimate of drug-likeness (QED) is 0.309. The van der Waals surface area contributed by atoms with Gasteiger partial charge in [0.25, 0.3) is 0 Å². The van der Waals surface area contributed by atoms with Gasteiger partial charge in [0.2, 0.25) is 0 Å². The Morgan fingerprint density at radius 2 is 1.81 bits per heavy atom. The summed E-state index contributed by atoms with van der Waals surface area (Å²) >= 11 is 0. The average molecular weight is 435 g/mol. The van der Waals surface area contributed by atoms with Crippen molar-refractivity contribution in [2.45, 2.75) is 65.2 Å². The molecular weight excluding hydrogens is 400 g/mol. The van der Waals surface area contributed by atoms with Gasteiger partial charge < -0.3 is 9.47 Å². The molecule has 1 unspecified atom stereocenters. The molecule has 3 rings (SSSR count). The first-order chi connectivity index (χ1) is 15.0. The normalized spacial score (nSPS) is 17.8. The van der Waals surface area contributed by atoms with Crippen LogP contribution in [0.4, 0.5) is 0 Å². The topological polar surface area (TPSA) is 52.6 Å². The molecule has 0 N–H and O–H groups in total. The molecule has 0 aliphatic carbocycles. The first-order valence-electron chi connectivity index (χ1n) is 11.3. The summed E-state index contributed by atoms with van der Waals surface area (Å²) in [5.74, 6) is 0.158. The number of esters is 2. The Hall–Kier alpha value is -2.88. The van der Waals surface area contributed by atoms with Gasteiger partial charge in [0.05, 0.1) is 6.61 Å². The van der Waals surface area contributed by atoms with Gasteiger partial charge in [0.1, 0.15) is 11.2 Å². The van der Waals surface area contributed by atoms with Crippen molar-refractivity contribution in [3.05, 3.63) is 76.9 Å². The fraction of sp³-hybridized carbons (Fsp3) is 0.429. The second-order valence-corrected chi connectivity index (χ2v) is 10.0. The van der Waals surface area contributed by atoms with Gasteiger partial charge in [0.15, 0.2) is 0 Å². The lowest BCUT2D eigenvalue weighted by Crippen LogP contribution is -2.36. The first kappa shape index (κ1) is 23.8. The lowest BCUT2D eigenvalue weighted by Gasteiger charge is -2.29. The van der Waals surface area contributed by atoms with Crippen molar-refractivity contribution in [3.8, 4) is 5.75 Å². The van der Waals surface area contributed by atoms with Gasteiger partial charge in [-0.2, -0.15) is 0 Å². The Morgan fingerprint density at radius 1 is 1.16 bits per heavy atom. The van der Waals surface area contributed by atoms with Crippen LogP contribution in [-0.4, -0.2) is 18.5 Å². The predicted molar refractivity (Wildman–Crippen MR) is 127 cm³/mol. The maximum atomic E-state index is 13.7. The molecule has 170 valence electrons. The monoisotopic (exact) mass is 434 g/mol. The number of fused-ring (bicyclic) bond motifs is 1. The number of benzene rings is 2. The minimum Gasteiger partial charge on any atom is -0.463 e. The summed E-state index contributed by atoms with van der Waals surface area (Å²) < 4.78 is 11.2. The van der Waals surface area contributed by atoms with Crippen LogP contribution in [0, 0.1) is 5.92 Å². The Kier molecular flexibility index (Phi) is 6.64. The number of ether oxygens (including phenoxy) is 2. The molecule has 0 amide bonds. The maximum Gasteiger partial charge on any atom is 0.333 e. The minimum atomic E-state index is -1.15. The average Bonchev–Trinajstić information content (AvgIpc) is 3.00. The fourth-order valence-electron chi connectivity index (χ4n) is 4.33. The number of carbonyl (C=O) groups excluding carboxylic acids is 2. The zero-order chi connectivity index (χ0) is 23.7. The van der Waals surface area contributed by atoms with Crippen molar-refractivity contribution in [2.75, 3.05) is 6.61 Å². The zero-order valence-electron chi connectivity index (χ0n) is 20.1. The van der Waals surface area contributed by atoms with Crippen LogP contribution >= 0.6 is 0 Å². The zero-order valence-corrected chi connectivity index (χ0v) is 20.1. The Labute approximate surface area is 191 Å². The summed E-state index contributed by atoms with van der Waals surface area (Å²) in [4.78, 5) is 26.1. The number of carbonyl (C=O) groups is 2. The molecule has 32 heavy (non-hydrogen) atoms. The molecule has 2 aromatic carbocycles. The Morgan fingerprint density at radius 3 is 2.38 bits per heavy atom. The largest absolute Gasteiger partial charge is 0.463 e. The van der Waals surface area contributed by atoms with E-state index in [0.717, 1.165) is 28.7 Å². The van der Waals surface area contributed by atoms with Crippen molar-refractivity contribution in [1.82, 2.24) is 0 Å². The van der Waals surface area contributed by atoms with Gasteiger partial charge in [0, 0.05) is 17.6 Å². The summed E-state index contributed by atoms with van der Waals surface area (Å²) in [5, 5.41) is 0. The maximum absolute atomic E-state index is 13.7. The lowest BCUT2D eigenvalue weighted by molar-refractivity contribution is -0.139. The highest BCUT2D eigenvalue weighted by Crippen LogP contribution is 2.51. The lowest BCUT2D eigenvalue weighted by atomic mass is 9.69. The van der Waals surface area contributed by atoms with Crippen LogP contribution in [0.3, 0.4) is 0 Å². The highest BCUT2D eigenvalue weighted by atomic mass is 16.5. The molecule has 0 saturated heterocycles. The summed E-state index contributed by atoms with van der Waals surface area (Å²) in [7, 11) is 0. The third-order valence-corrected chi connectivity index (χ3v) is 5.97. The predicted octanol–water partition coefficient (Wildman–Crippen LogP) is 5.90. The molecule has 2 aromatic rings. The van der Waals surface area contributed by atoms with Crippen LogP contribution in [-0.2, 0) is 31.6 Å². The molecular formula is C28H34O4. The van der Waals surface area contributed by atoms with E-state index in [2.05, 4.69) is 53.3 Å². The number of hydrogen-bond donors (Lipinski definition) is 0. The van der Waals surface area contributed by atoms with E-state index >= 15 is 0 Å². The molecule has 1 atom stereocenters. The highest BCUT2D eigenvalue weighted by molar-refractivity contribution is 5.98. The van der Waals surface area contributed by atoms with Crippen molar-refractivity contribution >= 4 is 11.9 Å². The van der Waals surface area contributed by atoms with E-state index in [-0.39, 0.29) is 30.0 Å². The molecule has 0 fully saturated rings. The van der Waals surface area contributed by atoms with Gasteiger partial charge in [-0.05, 0) is 41.4 Å². The molecule has 1 aliphatic rings. The van der Waals surface area contributed by atoms with Gasteiger partial charge in [-0.3, -0.25) is 4.79 Å². The molecule has 0 bridgehead atoms. The SMILES string of the molecule is C=C(CC1(c2ccccc2)C(=O)Oc2c(CC(C)C)cc(C(C)(C)C)cc21)C(=O)OCC. The summed E-state index contributed by atoms with van der Waals surface area (Å²) in [6.45, 7) is 16.8. The van der Waals surface area contributed by atoms with Crippen LogP contribution in [0.25, 0.3) is 0 Å². The van der Waals surface area contributed by atoms with Crippen molar-refractivity contribution < 1.29 is 19.1 Å². The van der Waals surface area contributed by atoms with E-state index in [4.69, 9.17) is 9.47 Å². The summed E-state index contributed by atoms with van der Waals surface area (Å²) in [6.07, 6.45) is 0.902. The van der Waals surface area contributed by atoms with Crippen LogP contribution in [0.15, 0.2) is 54.6 Å². The van der Waals surface area contributed by atoms with Crippen LogP contribution in [0.1, 0.15) is 70.2 Å². The second-order valence-electron chi connectivity index (χ2n) is 10.0. The second kappa shape index (κ2) is 8.93. The van der Waals surface area contributed by atoms with E-state index in [9.17, 15) is 9.59 Å². The molecule has 1 aliphatic heterocycles. The van der Waals surface area contributed by atoms with E-state index in [1.54, 1.807) is 6.92 Å². The third-order valence-electron chi connectivity index (χ3n) is 5.97.